The molecule has 0 bridgehead atoms. The minimum atomic E-state index is -0.0328. The van der Waals surface area contributed by atoms with E-state index in [1.54, 1.807) is 7.11 Å². The Morgan fingerprint density at radius 3 is 2.63 bits per heavy atom. The lowest BCUT2D eigenvalue weighted by Crippen LogP contribution is -2.04. The Bertz CT molecular complexity index is 584. The zero-order valence-corrected chi connectivity index (χ0v) is 10.9. The standard InChI is InChI=1S/C17H16O2/c1-18-15-11-9-14(10-12-15)17-8-4-6-13-5-2-3-7-16(13)19-17/h2-5,7-12,17H,6H2,1H3/t17-/m0/s1. The highest BCUT2D eigenvalue weighted by atomic mass is 16.5. The second kappa shape index (κ2) is 5.19. The number of ether oxygens (including phenoxy) is 2. The van der Waals surface area contributed by atoms with Gasteiger partial charge in [-0.1, -0.05) is 36.4 Å². The summed E-state index contributed by atoms with van der Waals surface area (Å²) in [7, 11) is 1.67. The van der Waals surface area contributed by atoms with Crippen LogP contribution >= 0.6 is 0 Å². The van der Waals surface area contributed by atoms with E-state index in [0.717, 1.165) is 23.5 Å². The Morgan fingerprint density at radius 2 is 1.84 bits per heavy atom. The van der Waals surface area contributed by atoms with Crippen molar-refractivity contribution >= 4 is 0 Å². The molecule has 1 aliphatic heterocycles. The molecule has 2 aromatic carbocycles. The van der Waals surface area contributed by atoms with Crippen molar-refractivity contribution in [3.63, 3.8) is 0 Å². The smallest absolute Gasteiger partial charge is 0.142 e. The first-order chi connectivity index (χ1) is 9.36. The summed E-state index contributed by atoms with van der Waals surface area (Å²) >= 11 is 0. The molecule has 0 radical (unpaired) electrons. The van der Waals surface area contributed by atoms with Crippen LogP contribution in [0.2, 0.25) is 0 Å². The number of allylic oxidation sites excluding steroid dienone is 1. The third kappa shape index (κ3) is 2.48. The molecule has 0 unspecified atom stereocenters. The zero-order valence-electron chi connectivity index (χ0n) is 10.9. The van der Waals surface area contributed by atoms with Gasteiger partial charge in [-0.3, -0.25) is 0 Å². The van der Waals surface area contributed by atoms with Gasteiger partial charge in [-0.25, -0.2) is 0 Å². The Balaban J connectivity index is 1.89. The number of rotatable bonds is 2. The van der Waals surface area contributed by atoms with Crippen molar-refractivity contribution in [2.45, 2.75) is 12.5 Å². The van der Waals surface area contributed by atoms with Gasteiger partial charge in [0.25, 0.3) is 0 Å². The Kier molecular flexibility index (Phi) is 3.23. The molecule has 0 aromatic heterocycles. The molecular weight excluding hydrogens is 236 g/mol. The average molecular weight is 252 g/mol. The van der Waals surface area contributed by atoms with Gasteiger partial charge in [0.05, 0.1) is 7.11 Å². The van der Waals surface area contributed by atoms with Gasteiger partial charge in [-0.2, -0.15) is 0 Å². The van der Waals surface area contributed by atoms with Gasteiger partial charge < -0.3 is 9.47 Å². The van der Waals surface area contributed by atoms with Gasteiger partial charge in [0, 0.05) is 0 Å². The maximum Gasteiger partial charge on any atom is 0.142 e. The van der Waals surface area contributed by atoms with Crippen LogP contribution in [0.5, 0.6) is 11.5 Å². The summed E-state index contributed by atoms with van der Waals surface area (Å²) < 4.78 is 11.3. The van der Waals surface area contributed by atoms with Crippen molar-refractivity contribution in [1.82, 2.24) is 0 Å². The molecule has 0 N–H and O–H groups in total. The molecule has 2 aromatic rings. The predicted octanol–water partition coefficient (Wildman–Crippen LogP) is 3.93. The molecular formula is C17H16O2. The van der Waals surface area contributed by atoms with Crippen molar-refractivity contribution in [2.75, 3.05) is 7.11 Å². The van der Waals surface area contributed by atoms with E-state index < -0.39 is 0 Å². The van der Waals surface area contributed by atoms with Gasteiger partial charge in [0.2, 0.25) is 0 Å². The lowest BCUT2D eigenvalue weighted by Gasteiger charge is -2.16. The lowest BCUT2D eigenvalue weighted by molar-refractivity contribution is 0.255. The van der Waals surface area contributed by atoms with E-state index >= 15 is 0 Å². The average Bonchev–Trinajstić information content (AvgIpc) is 2.69. The molecule has 2 nitrogen and oxygen atoms in total. The molecule has 19 heavy (non-hydrogen) atoms. The third-order valence-electron chi connectivity index (χ3n) is 3.32. The van der Waals surface area contributed by atoms with E-state index in [4.69, 9.17) is 9.47 Å². The maximum atomic E-state index is 6.09. The topological polar surface area (TPSA) is 18.5 Å². The van der Waals surface area contributed by atoms with Gasteiger partial charge in [-0.05, 0) is 41.8 Å². The van der Waals surface area contributed by atoms with Gasteiger partial charge in [0.1, 0.15) is 17.6 Å². The molecule has 0 fully saturated rings. The monoisotopic (exact) mass is 252 g/mol. The fourth-order valence-electron chi connectivity index (χ4n) is 2.25. The van der Waals surface area contributed by atoms with Crippen LogP contribution in [0.15, 0.2) is 60.7 Å². The molecule has 2 heteroatoms. The fourth-order valence-corrected chi connectivity index (χ4v) is 2.25. The van der Waals surface area contributed by atoms with Crippen LogP contribution in [0.25, 0.3) is 0 Å². The summed E-state index contributed by atoms with van der Waals surface area (Å²) in [5, 5.41) is 0. The number of para-hydroxylation sites is 1. The summed E-state index contributed by atoms with van der Waals surface area (Å²) in [6.07, 6.45) is 5.17. The number of benzene rings is 2. The van der Waals surface area contributed by atoms with E-state index in [1.165, 1.54) is 5.56 Å². The van der Waals surface area contributed by atoms with Crippen molar-refractivity contribution in [1.29, 1.82) is 0 Å². The van der Waals surface area contributed by atoms with Crippen LogP contribution in [-0.4, -0.2) is 7.11 Å². The van der Waals surface area contributed by atoms with Crippen LogP contribution in [-0.2, 0) is 6.42 Å². The third-order valence-corrected chi connectivity index (χ3v) is 3.32. The Morgan fingerprint density at radius 1 is 1.05 bits per heavy atom. The largest absolute Gasteiger partial charge is 0.497 e. The molecule has 3 rings (SSSR count). The first kappa shape index (κ1) is 11.8. The van der Waals surface area contributed by atoms with Gasteiger partial charge >= 0.3 is 0 Å². The predicted molar refractivity (Wildman–Crippen MR) is 75.6 cm³/mol. The highest BCUT2D eigenvalue weighted by Crippen LogP contribution is 2.30. The van der Waals surface area contributed by atoms with Crippen LogP contribution < -0.4 is 9.47 Å². The SMILES string of the molecule is COc1ccc([C@@H]2C=CCc3ccccc3O2)cc1. The lowest BCUT2D eigenvalue weighted by atomic mass is 10.1. The van der Waals surface area contributed by atoms with Crippen molar-refractivity contribution in [3.8, 4) is 11.5 Å². The second-order valence-corrected chi connectivity index (χ2v) is 4.55. The van der Waals surface area contributed by atoms with Crippen molar-refractivity contribution in [3.05, 3.63) is 71.8 Å². The molecule has 0 aliphatic carbocycles. The highest BCUT2D eigenvalue weighted by molar-refractivity contribution is 5.39. The first-order valence-electron chi connectivity index (χ1n) is 6.42. The number of methoxy groups -OCH3 is 1. The summed E-state index contributed by atoms with van der Waals surface area (Å²) in [5.41, 5.74) is 2.36. The van der Waals surface area contributed by atoms with Crippen molar-refractivity contribution in [2.24, 2.45) is 0 Å². The first-order valence-corrected chi connectivity index (χ1v) is 6.42. The van der Waals surface area contributed by atoms with E-state index in [0.29, 0.717) is 0 Å². The van der Waals surface area contributed by atoms with E-state index in [2.05, 4.69) is 18.2 Å². The minimum absolute atomic E-state index is 0.0328. The van der Waals surface area contributed by atoms with E-state index in [1.807, 2.05) is 42.5 Å². The molecule has 0 spiro atoms. The summed E-state index contributed by atoms with van der Waals surface area (Å²) in [6, 6.07) is 16.2. The zero-order chi connectivity index (χ0) is 13.1. The number of hydrogen-bond donors (Lipinski definition) is 0. The van der Waals surface area contributed by atoms with E-state index in [-0.39, 0.29) is 6.10 Å². The molecule has 1 atom stereocenters. The fraction of sp³-hybridized carbons (Fsp3) is 0.176. The highest BCUT2D eigenvalue weighted by Gasteiger charge is 2.14. The van der Waals surface area contributed by atoms with Gasteiger partial charge in [0.15, 0.2) is 0 Å². The normalized spacial score (nSPS) is 17.2. The summed E-state index contributed by atoms with van der Waals surface area (Å²) in [6.45, 7) is 0. The molecule has 0 saturated carbocycles. The van der Waals surface area contributed by atoms with Crippen LogP contribution in [0.3, 0.4) is 0 Å². The molecule has 1 heterocycles. The summed E-state index contributed by atoms with van der Waals surface area (Å²) in [4.78, 5) is 0. The molecule has 96 valence electrons. The molecule has 1 aliphatic rings. The Hall–Kier alpha value is -2.22. The summed E-state index contributed by atoms with van der Waals surface area (Å²) in [5.74, 6) is 1.83. The van der Waals surface area contributed by atoms with Crippen LogP contribution in [0.4, 0.5) is 0 Å². The van der Waals surface area contributed by atoms with Crippen LogP contribution in [0, 0.1) is 0 Å². The van der Waals surface area contributed by atoms with Crippen LogP contribution in [0.1, 0.15) is 17.2 Å². The number of hydrogen-bond acceptors (Lipinski definition) is 2. The van der Waals surface area contributed by atoms with Gasteiger partial charge in [-0.15, -0.1) is 0 Å². The molecule has 0 amide bonds. The van der Waals surface area contributed by atoms with Crippen molar-refractivity contribution < 1.29 is 9.47 Å². The van der Waals surface area contributed by atoms with E-state index in [9.17, 15) is 0 Å². The quantitative estimate of drug-likeness (QED) is 0.754. The second-order valence-electron chi connectivity index (χ2n) is 4.55. The number of fused-ring (bicyclic) bond motifs is 1. The Labute approximate surface area is 113 Å². The molecule has 0 saturated heterocycles. The minimum Gasteiger partial charge on any atom is -0.497 e. The maximum absolute atomic E-state index is 6.09.